The number of aromatic nitrogens is 1. The van der Waals surface area contributed by atoms with E-state index in [1.54, 1.807) is 6.07 Å². The van der Waals surface area contributed by atoms with Crippen LogP contribution in [0.15, 0.2) is 22.6 Å². The zero-order valence-electron chi connectivity index (χ0n) is 13.0. The van der Waals surface area contributed by atoms with Gasteiger partial charge in [0.1, 0.15) is 5.52 Å². The number of nitrogens with one attached hydrogen (secondary N) is 1. The minimum Gasteiger partial charge on any atom is -0.449 e. The molecule has 1 unspecified atom stereocenters. The molecule has 0 aliphatic carbocycles. The summed E-state index contributed by atoms with van der Waals surface area (Å²) in [6.07, 6.45) is 0.847. The van der Waals surface area contributed by atoms with E-state index in [4.69, 9.17) is 10.2 Å². The van der Waals surface area contributed by atoms with Crippen molar-refractivity contribution in [1.82, 2.24) is 10.3 Å². The number of nitrogens with two attached hydrogens (primary N) is 1. The number of furan rings is 1. The highest BCUT2D eigenvalue weighted by molar-refractivity contribution is 5.95. The van der Waals surface area contributed by atoms with Crippen molar-refractivity contribution < 1.29 is 9.21 Å². The SMILES string of the molecule is Cc1ccc2oc(C(=O)NC(CN)CC(C)C)cc2n1.Cl.Cl. The number of halogens is 2. The third kappa shape index (κ3) is 5.16. The molecule has 0 fully saturated rings. The standard InChI is InChI=1S/C15H21N3O2.2ClH/c1-9(2)6-11(8-16)18-15(19)14-7-12-13(20-14)5-4-10(3)17-12;;/h4-5,7,9,11H,6,8,16H2,1-3H3,(H,18,19);2*1H. The summed E-state index contributed by atoms with van der Waals surface area (Å²) in [7, 11) is 0. The van der Waals surface area contributed by atoms with Gasteiger partial charge in [0.25, 0.3) is 5.91 Å². The average molecular weight is 348 g/mol. The predicted octanol–water partition coefficient (Wildman–Crippen LogP) is 3.08. The maximum absolute atomic E-state index is 12.2. The molecule has 124 valence electrons. The molecule has 0 spiro atoms. The zero-order chi connectivity index (χ0) is 14.7. The molecule has 3 N–H and O–H groups in total. The summed E-state index contributed by atoms with van der Waals surface area (Å²) in [5, 5.41) is 2.90. The fourth-order valence-corrected chi connectivity index (χ4v) is 2.18. The first kappa shape index (κ1) is 20.7. The van der Waals surface area contributed by atoms with Gasteiger partial charge in [0.15, 0.2) is 11.3 Å². The predicted molar refractivity (Wildman–Crippen MR) is 93.0 cm³/mol. The number of carbonyl (C=O) groups is 1. The van der Waals surface area contributed by atoms with Crippen molar-refractivity contribution in [2.24, 2.45) is 11.7 Å². The Labute approximate surface area is 142 Å². The van der Waals surface area contributed by atoms with Crippen LogP contribution in [0.2, 0.25) is 0 Å². The second-order valence-electron chi connectivity index (χ2n) is 5.48. The second kappa shape index (κ2) is 8.98. The van der Waals surface area contributed by atoms with E-state index in [0.29, 0.717) is 23.6 Å². The monoisotopic (exact) mass is 347 g/mol. The molecule has 0 saturated carbocycles. The number of fused-ring (bicyclic) bond motifs is 1. The van der Waals surface area contributed by atoms with Crippen LogP contribution in [0.3, 0.4) is 0 Å². The summed E-state index contributed by atoms with van der Waals surface area (Å²) in [6.45, 7) is 6.52. The molecule has 0 radical (unpaired) electrons. The van der Waals surface area contributed by atoms with Crippen LogP contribution in [-0.2, 0) is 0 Å². The van der Waals surface area contributed by atoms with Crippen LogP contribution in [0, 0.1) is 12.8 Å². The quantitative estimate of drug-likeness (QED) is 0.870. The van der Waals surface area contributed by atoms with E-state index in [1.807, 2.05) is 19.1 Å². The molecule has 1 atom stereocenters. The number of amides is 1. The van der Waals surface area contributed by atoms with E-state index in [0.717, 1.165) is 12.1 Å². The lowest BCUT2D eigenvalue weighted by Gasteiger charge is -2.17. The molecule has 5 nitrogen and oxygen atoms in total. The molecule has 22 heavy (non-hydrogen) atoms. The summed E-state index contributed by atoms with van der Waals surface area (Å²) in [4.78, 5) is 16.5. The van der Waals surface area contributed by atoms with Crippen molar-refractivity contribution in [2.75, 3.05) is 6.54 Å². The highest BCUT2D eigenvalue weighted by atomic mass is 35.5. The number of hydrogen-bond acceptors (Lipinski definition) is 4. The van der Waals surface area contributed by atoms with Crippen molar-refractivity contribution in [3.05, 3.63) is 29.7 Å². The molecule has 0 saturated heterocycles. The first-order valence-electron chi connectivity index (χ1n) is 6.87. The third-order valence-corrected chi connectivity index (χ3v) is 3.11. The van der Waals surface area contributed by atoms with Gasteiger partial charge in [0.05, 0.1) is 0 Å². The summed E-state index contributed by atoms with van der Waals surface area (Å²) in [6, 6.07) is 5.31. The Balaban J connectivity index is 0.00000220. The molecule has 2 aromatic rings. The molecule has 0 aliphatic rings. The second-order valence-corrected chi connectivity index (χ2v) is 5.48. The van der Waals surface area contributed by atoms with Crippen LogP contribution < -0.4 is 11.1 Å². The van der Waals surface area contributed by atoms with Gasteiger partial charge in [-0.3, -0.25) is 4.79 Å². The normalized spacial score (nSPS) is 11.7. The highest BCUT2D eigenvalue weighted by Crippen LogP contribution is 2.18. The molecular formula is C15H23Cl2N3O2. The summed E-state index contributed by atoms with van der Waals surface area (Å²) < 4.78 is 5.52. The van der Waals surface area contributed by atoms with E-state index in [-0.39, 0.29) is 42.5 Å². The summed E-state index contributed by atoms with van der Waals surface area (Å²) in [5.41, 5.74) is 7.90. The van der Waals surface area contributed by atoms with Crippen molar-refractivity contribution in [2.45, 2.75) is 33.2 Å². The van der Waals surface area contributed by atoms with Crippen molar-refractivity contribution >= 4 is 41.8 Å². The molecular weight excluding hydrogens is 325 g/mol. The van der Waals surface area contributed by atoms with Crippen LogP contribution in [0.5, 0.6) is 0 Å². The van der Waals surface area contributed by atoms with Gasteiger partial charge in [0, 0.05) is 24.3 Å². The van der Waals surface area contributed by atoms with Crippen molar-refractivity contribution in [3.8, 4) is 0 Å². The number of pyridine rings is 1. The van der Waals surface area contributed by atoms with Crippen LogP contribution in [0.25, 0.3) is 11.1 Å². The molecule has 0 aromatic carbocycles. The smallest absolute Gasteiger partial charge is 0.287 e. The van der Waals surface area contributed by atoms with Gasteiger partial charge in [-0.25, -0.2) is 4.98 Å². The maximum atomic E-state index is 12.2. The number of hydrogen-bond donors (Lipinski definition) is 2. The van der Waals surface area contributed by atoms with Crippen molar-refractivity contribution in [1.29, 1.82) is 0 Å². The van der Waals surface area contributed by atoms with Gasteiger partial charge in [-0.1, -0.05) is 13.8 Å². The fourth-order valence-electron chi connectivity index (χ4n) is 2.18. The van der Waals surface area contributed by atoms with Crippen LogP contribution >= 0.6 is 24.8 Å². The molecule has 2 aromatic heterocycles. The van der Waals surface area contributed by atoms with Crippen molar-refractivity contribution in [3.63, 3.8) is 0 Å². The minimum atomic E-state index is -0.239. The molecule has 0 aliphatic heterocycles. The molecule has 1 amide bonds. The van der Waals surface area contributed by atoms with Gasteiger partial charge >= 0.3 is 0 Å². The van der Waals surface area contributed by atoms with Gasteiger partial charge in [-0.05, 0) is 31.4 Å². The van der Waals surface area contributed by atoms with Gasteiger partial charge in [-0.2, -0.15) is 0 Å². The van der Waals surface area contributed by atoms with E-state index >= 15 is 0 Å². The molecule has 2 heterocycles. The summed E-state index contributed by atoms with van der Waals surface area (Å²) in [5.74, 6) is 0.515. The molecule has 0 bridgehead atoms. The number of rotatable bonds is 5. The molecule has 7 heteroatoms. The van der Waals surface area contributed by atoms with Crippen LogP contribution in [0.1, 0.15) is 36.5 Å². The minimum absolute atomic E-state index is 0. The highest BCUT2D eigenvalue weighted by Gasteiger charge is 2.17. The summed E-state index contributed by atoms with van der Waals surface area (Å²) >= 11 is 0. The molecule has 2 rings (SSSR count). The van der Waals surface area contributed by atoms with Gasteiger partial charge in [-0.15, -0.1) is 24.8 Å². The number of aryl methyl sites for hydroxylation is 1. The third-order valence-electron chi connectivity index (χ3n) is 3.11. The largest absolute Gasteiger partial charge is 0.449 e. The van der Waals surface area contributed by atoms with E-state index < -0.39 is 0 Å². The number of carbonyl (C=O) groups excluding carboxylic acids is 1. The average Bonchev–Trinajstić information content (AvgIpc) is 2.80. The first-order valence-corrected chi connectivity index (χ1v) is 6.87. The Bertz CT molecular complexity index is 614. The Morgan fingerprint density at radius 2 is 2.05 bits per heavy atom. The first-order chi connectivity index (χ1) is 9.49. The Hall–Kier alpha value is -1.30. The lowest BCUT2D eigenvalue weighted by atomic mass is 10.0. The van der Waals surface area contributed by atoms with E-state index in [2.05, 4.69) is 24.1 Å². The Kier molecular flexibility index (Phi) is 8.45. The Morgan fingerprint density at radius 1 is 1.36 bits per heavy atom. The van der Waals surface area contributed by atoms with E-state index in [1.165, 1.54) is 0 Å². The van der Waals surface area contributed by atoms with Gasteiger partial charge in [0.2, 0.25) is 0 Å². The van der Waals surface area contributed by atoms with Crippen LogP contribution in [0.4, 0.5) is 0 Å². The topological polar surface area (TPSA) is 81.2 Å². The Morgan fingerprint density at radius 3 is 2.64 bits per heavy atom. The lowest BCUT2D eigenvalue weighted by Crippen LogP contribution is -2.40. The fraction of sp³-hybridized carbons (Fsp3) is 0.467. The van der Waals surface area contributed by atoms with Gasteiger partial charge < -0.3 is 15.5 Å². The van der Waals surface area contributed by atoms with Crippen LogP contribution in [-0.4, -0.2) is 23.5 Å². The lowest BCUT2D eigenvalue weighted by molar-refractivity contribution is 0.0908. The van der Waals surface area contributed by atoms with E-state index in [9.17, 15) is 4.79 Å². The zero-order valence-corrected chi connectivity index (χ0v) is 14.6. The number of nitrogens with zero attached hydrogens (tertiary/aromatic N) is 1. The maximum Gasteiger partial charge on any atom is 0.287 e.